The molecule has 1 N–H and O–H groups in total. The van der Waals surface area contributed by atoms with Gasteiger partial charge in [-0.25, -0.2) is 4.98 Å². The number of thiazole rings is 1. The molecule has 8 heteroatoms. The lowest BCUT2D eigenvalue weighted by Crippen LogP contribution is -2.11. The zero-order chi connectivity index (χ0) is 14.8. The fourth-order valence-electron chi connectivity index (χ4n) is 1.84. The number of halogens is 3. The summed E-state index contributed by atoms with van der Waals surface area (Å²) in [6, 6.07) is 0. The van der Waals surface area contributed by atoms with Crippen LogP contribution in [0.2, 0.25) is 0 Å². The molecule has 2 aromatic rings. The molecule has 0 saturated carbocycles. The van der Waals surface area contributed by atoms with Crippen LogP contribution in [0.1, 0.15) is 28.9 Å². The van der Waals surface area contributed by atoms with Crippen LogP contribution in [0, 0.1) is 0 Å². The zero-order valence-corrected chi connectivity index (χ0v) is 11.6. The van der Waals surface area contributed by atoms with Crippen molar-refractivity contribution in [2.45, 2.75) is 32.5 Å². The first-order valence-corrected chi connectivity index (χ1v) is 6.99. The monoisotopic (exact) mass is 305 g/mol. The van der Waals surface area contributed by atoms with Gasteiger partial charge in [0.05, 0.1) is 17.2 Å². The van der Waals surface area contributed by atoms with Crippen LogP contribution in [0.15, 0.2) is 11.6 Å². The molecule has 0 radical (unpaired) electrons. The van der Waals surface area contributed by atoms with E-state index in [9.17, 15) is 13.2 Å². The molecule has 20 heavy (non-hydrogen) atoms. The highest BCUT2D eigenvalue weighted by Crippen LogP contribution is 2.31. The first-order valence-electron chi connectivity index (χ1n) is 6.11. The van der Waals surface area contributed by atoms with E-state index in [-0.39, 0.29) is 25.1 Å². The molecule has 0 saturated heterocycles. The van der Waals surface area contributed by atoms with Gasteiger partial charge in [0, 0.05) is 23.7 Å². The molecule has 0 amide bonds. The van der Waals surface area contributed by atoms with Gasteiger partial charge in [0.25, 0.3) is 0 Å². The molecule has 2 heterocycles. The van der Waals surface area contributed by atoms with Gasteiger partial charge < -0.3 is 5.11 Å². The van der Waals surface area contributed by atoms with Crippen LogP contribution in [0.3, 0.4) is 0 Å². The van der Waals surface area contributed by atoms with Gasteiger partial charge in [-0.05, 0) is 12.8 Å². The molecule has 2 rings (SSSR count). The number of aryl methyl sites for hydroxylation is 1. The van der Waals surface area contributed by atoms with Crippen LogP contribution in [0.5, 0.6) is 0 Å². The van der Waals surface area contributed by atoms with Crippen LogP contribution in [0.4, 0.5) is 13.2 Å². The number of aliphatic hydroxyl groups is 1. The van der Waals surface area contributed by atoms with E-state index in [0.29, 0.717) is 5.69 Å². The minimum Gasteiger partial charge on any atom is -0.396 e. The maximum Gasteiger partial charge on any atom is 0.435 e. The highest BCUT2D eigenvalue weighted by Gasteiger charge is 2.36. The van der Waals surface area contributed by atoms with Gasteiger partial charge in [-0.1, -0.05) is 6.92 Å². The van der Waals surface area contributed by atoms with E-state index >= 15 is 0 Å². The SMILES string of the molecule is CCc1nc(Cn2cc(CCO)c(C(F)(F)F)n2)cs1. The topological polar surface area (TPSA) is 50.9 Å². The maximum atomic E-state index is 12.8. The number of hydrogen-bond acceptors (Lipinski definition) is 4. The van der Waals surface area contributed by atoms with Crippen LogP contribution in [-0.4, -0.2) is 26.5 Å². The summed E-state index contributed by atoms with van der Waals surface area (Å²) in [5, 5.41) is 15.2. The molecule has 0 unspecified atom stereocenters. The van der Waals surface area contributed by atoms with Crippen molar-refractivity contribution in [2.75, 3.05) is 6.61 Å². The molecule has 0 atom stereocenters. The summed E-state index contributed by atoms with van der Waals surface area (Å²) in [5.74, 6) is 0. The highest BCUT2D eigenvalue weighted by molar-refractivity contribution is 7.09. The van der Waals surface area contributed by atoms with Gasteiger partial charge in [0.2, 0.25) is 0 Å². The lowest BCUT2D eigenvalue weighted by atomic mass is 10.2. The second-order valence-corrected chi connectivity index (χ2v) is 5.20. The maximum absolute atomic E-state index is 12.8. The van der Waals surface area contributed by atoms with E-state index in [4.69, 9.17) is 5.11 Å². The van der Waals surface area contributed by atoms with E-state index in [1.165, 1.54) is 22.2 Å². The molecule has 4 nitrogen and oxygen atoms in total. The summed E-state index contributed by atoms with van der Waals surface area (Å²) in [6.07, 6.45) is -2.45. The second-order valence-electron chi connectivity index (χ2n) is 4.26. The van der Waals surface area contributed by atoms with Crippen LogP contribution >= 0.6 is 11.3 Å². The molecular formula is C12H14F3N3OS. The van der Waals surface area contributed by atoms with Gasteiger partial charge in [0.15, 0.2) is 5.69 Å². The molecule has 2 aromatic heterocycles. The normalized spacial score (nSPS) is 12.1. The first kappa shape index (κ1) is 15.0. The Labute approximate surface area is 117 Å². The van der Waals surface area contributed by atoms with Crippen molar-refractivity contribution < 1.29 is 18.3 Å². The minimum atomic E-state index is -4.51. The third-order valence-electron chi connectivity index (χ3n) is 2.71. The predicted molar refractivity (Wildman–Crippen MR) is 68.6 cm³/mol. The fourth-order valence-corrected chi connectivity index (χ4v) is 2.57. The Kier molecular flexibility index (Phi) is 4.44. The summed E-state index contributed by atoms with van der Waals surface area (Å²) in [6.45, 7) is 1.83. The van der Waals surface area contributed by atoms with Crippen molar-refractivity contribution in [1.82, 2.24) is 14.8 Å². The Morgan fingerprint density at radius 2 is 2.15 bits per heavy atom. The van der Waals surface area contributed by atoms with Crippen molar-refractivity contribution in [3.8, 4) is 0 Å². The first-order chi connectivity index (χ1) is 9.44. The largest absolute Gasteiger partial charge is 0.435 e. The molecule has 0 aliphatic rings. The van der Waals surface area contributed by atoms with Crippen LogP contribution < -0.4 is 0 Å². The number of rotatable bonds is 5. The van der Waals surface area contributed by atoms with E-state index in [0.717, 1.165) is 11.4 Å². The molecule has 0 bridgehead atoms. The summed E-state index contributed by atoms with van der Waals surface area (Å²) in [4.78, 5) is 4.30. The Morgan fingerprint density at radius 3 is 2.70 bits per heavy atom. The number of aliphatic hydroxyl groups excluding tert-OH is 1. The lowest BCUT2D eigenvalue weighted by molar-refractivity contribution is -0.142. The van der Waals surface area contributed by atoms with E-state index in [1.54, 1.807) is 0 Å². The average Bonchev–Trinajstić information content (AvgIpc) is 2.96. The van der Waals surface area contributed by atoms with Crippen LogP contribution in [0.25, 0.3) is 0 Å². The van der Waals surface area contributed by atoms with Gasteiger partial charge in [-0.3, -0.25) is 4.68 Å². The molecule has 110 valence electrons. The Bertz CT molecular complexity index is 577. The van der Waals surface area contributed by atoms with Crippen molar-refractivity contribution >= 4 is 11.3 Å². The quantitative estimate of drug-likeness (QED) is 0.923. The van der Waals surface area contributed by atoms with Gasteiger partial charge in [-0.2, -0.15) is 18.3 Å². The standard InChI is InChI=1S/C12H14F3N3OS/c1-2-10-16-9(7-20-10)6-18-5-8(3-4-19)11(17-18)12(13,14)15/h5,7,19H,2-4,6H2,1H3. The van der Waals surface area contributed by atoms with E-state index in [2.05, 4.69) is 10.1 Å². The smallest absolute Gasteiger partial charge is 0.396 e. The van der Waals surface area contributed by atoms with Crippen molar-refractivity contribution in [3.05, 3.63) is 33.5 Å². The summed E-state index contributed by atoms with van der Waals surface area (Å²) in [5.41, 5.74) is -0.234. The van der Waals surface area contributed by atoms with Crippen LogP contribution in [-0.2, 0) is 25.6 Å². The van der Waals surface area contributed by atoms with E-state index in [1.807, 2.05) is 12.3 Å². The molecule has 0 fully saturated rings. The molecule has 0 spiro atoms. The van der Waals surface area contributed by atoms with Crippen molar-refractivity contribution in [2.24, 2.45) is 0 Å². The molecule has 0 aliphatic heterocycles. The average molecular weight is 305 g/mol. The Balaban J connectivity index is 2.24. The number of nitrogens with zero attached hydrogens (tertiary/aromatic N) is 3. The summed E-state index contributed by atoms with van der Waals surface area (Å²) >= 11 is 1.48. The van der Waals surface area contributed by atoms with Gasteiger partial charge in [0.1, 0.15) is 0 Å². The Hall–Kier alpha value is -1.41. The number of alkyl halides is 3. The minimum absolute atomic E-state index is 0.00550. The van der Waals surface area contributed by atoms with Gasteiger partial charge in [-0.15, -0.1) is 11.3 Å². The second kappa shape index (κ2) is 5.92. The lowest BCUT2D eigenvalue weighted by Gasteiger charge is -2.04. The number of aromatic nitrogens is 3. The van der Waals surface area contributed by atoms with Gasteiger partial charge >= 0.3 is 6.18 Å². The summed E-state index contributed by atoms with van der Waals surface area (Å²) < 4.78 is 39.7. The molecule has 0 aliphatic carbocycles. The highest BCUT2D eigenvalue weighted by atomic mass is 32.1. The third kappa shape index (κ3) is 3.37. The molecular weight excluding hydrogens is 291 g/mol. The zero-order valence-electron chi connectivity index (χ0n) is 10.8. The third-order valence-corrected chi connectivity index (χ3v) is 3.75. The fraction of sp³-hybridized carbons (Fsp3) is 0.500. The Morgan fingerprint density at radius 1 is 1.40 bits per heavy atom. The van der Waals surface area contributed by atoms with Crippen molar-refractivity contribution in [3.63, 3.8) is 0 Å². The van der Waals surface area contributed by atoms with E-state index < -0.39 is 11.9 Å². The predicted octanol–water partition coefficient (Wildman–Crippen LogP) is 2.50. The number of hydrogen-bond donors (Lipinski definition) is 1. The summed E-state index contributed by atoms with van der Waals surface area (Å²) in [7, 11) is 0. The molecule has 0 aromatic carbocycles. The van der Waals surface area contributed by atoms with Crippen molar-refractivity contribution in [1.29, 1.82) is 0 Å².